The van der Waals surface area contributed by atoms with Crippen molar-refractivity contribution in [2.45, 2.75) is 65.0 Å². The maximum Gasteiger partial charge on any atom is 0.221 e. The van der Waals surface area contributed by atoms with E-state index in [1.54, 1.807) is 0 Å². The van der Waals surface area contributed by atoms with Crippen molar-refractivity contribution in [2.24, 2.45) is 5.73 Å². The first-order valence-electron chi connectivity index (χ1n) is 5.65. The van der Waals surface area contributed by atoms with Crippen molar-refractivity contribution in [1.82, 2.24) is 5.32 Å². The first kappa shape index (κ1) is 13.4. The molecule has 0 spiro atoms. The molecule has 3 heteroatoms. The highest BCUT2D eigenvalue weighted by atomic mass is 16.1. The third kappa shape index (κ3) is 6.89. The maximum absolute atomic E-state index is 11.4. The molecule has 1 amide bonds. The van der Waals surface area contributed by atoms with Crippen LogP contribution in [0.15, 0.2) is 0 Å². The molecule has 0 aliphatic carbocycles. The Hall–Kier alpha value is -0.570. The van der Waals surface area contributed by atoms with Gasteiger partial charge in [0.05, 0.1) is 0 Å². The van der Waals surface area contributed by atoms with Crippen molar-refractivity contribution in [3.8, 4) is 0 Å². The molecule has 3 N–H and O–H groups in total. The van der Waals surface area contributed by atoms with Gasteiger partial charge >= 0.3 is 0 Å². The Kier molecular flexibility index (Phi) is 7.48. The van der Waals surface area contributed by atoms with Gasteiger partial charge in [0.2, 0.25) is 5.91 Å². The molecule has 0 heterocycles. The summed E-state index contributed by atoms with van der Waals surface area (Å²) in [4.78, 5) is 11.4. The van der Waals surface area contributed by atoms with Crippen LogP contribution in [0.1, 0.15) is 52.9 Å². The van der Waals surface area contributed by atoms with Crippen LogP contribution in [0.3, 0.4) is 0 Å². The zero-order chi connectivity index (χ0) is 11.0. The Morgan fingerprint density at radius 2 is 1.86 bits per heavy atom. The van der Waals surface area contributed by atoms with E-state index in [4.69, 9.17) is 5.73 Å². The maximum atomic E-state index is 11.4. The average Bonchev–Trinajstić information content (AvgIpc) is 2.03. The molecule has 0 saturated carbocycles. The van der Waals surface area contributed by atoms with Gasteiger partial charge in [0, 0.05) is 18.5 Å². The van der Waals surface area contributed by atoms with Crippen LogP contribution in [0.25, 0.3) is 0 Å². The largest absolute Gasteiger partial charge is 0.354 e. The second kappa shape index (κ2) is 7.80. The molecule has 2 atom stereocenters. The molecule has 0 aromatic carbocycles. The molecule has 0 bridgehead atoms. The second-order valence-electron chi connectivity index (χ2n) is 4.01. The molecular formula is C11H24N2O. The van der Waals surface area contributed by atoms with Crippen LogP contribution in [0.4, 0.5) is 0 Å². The predicted octanol–water partition coefficient (Wildman–Crippen LogP) is 1.81. The lowest BCUT2D eigenvalue weighted by molar-refractivity contribution is -0.122. The Bertz CT molecular complexity index is 143. The number of hydrogen-bond donors (Lipinski definition) is 2. The molecule has 0 radical (unpaired) electrons. The van der Waals surface area contributed by atoms with Gasteiger partial charge in [0.1, 0.15) is 0 Å². The summed E-state index contributed by atoms with van der Waals surface area (Å²) in [6.45, 7) is 6.23. The number of carbonyl (C=O) groups excluding carboxylic acids is 1. The summed E-state index contributed by atoms with van der Waals surface area (Å²) in [6, 6.07) is 0.301. The summed E-state index contributed by atoms with van der Waals surface area (Å²) in [5.41, 5.74) is 5.77. The predicted molar refractivity (Wildman–Crippen MR) is 60.0 cm³/mol. The molecule has 0 aliphatic heterocycles. The first-order valence-corrected chi connectivity index (χ1v) is 5.65. The lowest BCUT2D eigenvalue weighted by Gasteiger charge is -2.15. The van der Waals surface area contributed by atoms with Crippen LogP contribution in [-0.4, -0.2) is 18.0 Å². The zero-order valence-electron chi connectivity index (χ0n) is 9.68. The van der Waals surface area contributed by atoms with Gasteiger partial charge in [-0.25, -0.2) is 0 Å². The molecule has 0 aromatic heterocycles. The molecule has 2 unspecified atom stereocenters. The molecule has 0 rings (SSSR count). The molecular weight excluding hydrogens is 176 g/mol. The number of amides is 1. The van der Waals surface area contributed by atoms with E-state index in [1.165, 1.54) is 0 Å². The van der Waals surface area contributed by atoms with Crippen LogP contribution in [0.5, 0.6) is 0 Å². The minimum absolute atomic E-state index is 0.0221. The fourth-order valence-corrected chi connectivity index (χ4v) is 1.55. The Labute approximate surface area is 87.4 Å². The van der Waals surface area contributed by atoms with Crippen LogP contribution in [0, 0.1) is 0 Å². The van der Waals surface area contributed by atoms with Gasteiger partial charge in [0.25, 0.3) is 0 Å². The molecule has 0 saturated heterocycles. The van der Waals surface area contributed by atoms with Crippen molar-refractivity contribution >= 4 is 5.91 Å². The van der Waals surface area contributed by atoms with E-state index < -0.39 is 0 Å². The number of nitrogens with one attached hydrogen (secondary N) is 1. The van der Waals surface area contributed by atoms with Gasteiger partial charge in [-0.05, 0) is 19.8 Å². The summed E-state index contributed by atoms with van der Waals surface area (Å²) in [6.07, 6.45) is 4.56. The van der Waals surface area contributed by atoms with Gasteiger partial charge in [-0.3, -0.25) is 4.79 Å². The lowest BCUT2D eigenvalue weighted by atomic mass is 10.1. The molecule has 0 fully saturated rings. The minimum Gasteiger partial charge on any atom is -0.354 e. The van der Waals surface area contributed by atoms with E-state index in [-0.39, 0.29) is 18.0 Å². The summed E-state index contributed by atoms with van der Waals surface area (Å²) in [5, 5.41) is 2.95. The van der Waals surface area contributed by atoms with Crippen LogP contribution < -0.4 is 11.1 Å². The van der Waals surface area contributed by atoms with Gasteiger partial charge in [-0.2, -0.15) is 0 Å². The van der Waals surface area contributed by atoms with Crippen molar-refractivity contribution in [3.63, 3.8) is 0 Å². The van der Waals surface area contributed by atoms with Gasteiger partial charge in [0.15, 0.2) is 0 Å². The van der Waals surface area contributed by atoms with Crippen molar-refractivity contribution in [3.05, 3.63) is 0 Å². The second-order valence-corrected chi connectivity index (χ2v) is 4.01. The number of hydrogen-bond acceptors (Lipinski definition) is 2. The fourth-order valence-electron chi connectivity index (χ4n) is 1.55. The Morgan fingerprint density at radius 1 is 1.29 bits per heavy atom. The highest BCUT2D eigenvalue weighted by molar-refractivity contribution is 5.76. The minimum atomic E-state index is 0.0221. The third-order valence-electron chi connectivity index (χ3n) is 2.24. The zero-order valence-corrected chi connectivity index (χ0v) is 9.68. The van der Waals surface area contributed by atoms with Crippen molar-refractivity contribution in [2.75, 3.05) is 0 Å². The van der Waals surface area contributed by atoms with Gasteiger partial charge in [-0.15, -0.1) is 0 Å². The molecule has 14 heavy (non-hydrogen) atoms. The highest BCUT2D eigenvalue weighted by Crippen LogP contribution is 2.00. The van der Waals surface area contributed by atoms with Gasteiger partial charge < -0.3 is 11.1 Å². The number of rotatable bonds is 7. The monoisotopic (exact) mass is 200 g/mol. The smallest absolute Gasteiger partial charge is 0.221 e. The van der Waals surface area contributed by atoms with E-state index in [0.29, 0.717) is 6.42 Å². The van der Waals surface area contributed by atoms with E-state index in [1.807, 2.05) is 6.92 Å². The standard InChI is InChI=1S/C11H24N2O/c1-4-6-9(3)13-11(14)8-10(12)7-5-2/h9-10H,4-8,12H2,1-3H3,(H,13,14). The molecule has 3 nitrogen and oxygen atoms in total. The third-order valence-corrected chi connectivity index (χ3v) is 2.24. The quantitative estimate of drug-likeness (QED) is 0.658. The first-order chi connectivity index (χ1) is 6.60. The number of nitrogens with two attached hydrogens (primary N) is 1. The molecule has 0 aromatic rings. The van der Waals surface area contributed by atoms with Crippen molar-refractivity contribution < 1.29 is 4.79 Å². The summed E-state index contributed by atoms with van der Waals surface area (Å²) in [7, 11) is 0. The van der Waals surface area contributed by atoms with Crippen molar-refractivity contribution in [1.29, 1.82) is 0 Å². The average molecular weight is 200 g/mol. The van der Waals surface area contributed by atoms with Gasteiger partial charge in [-0.1, -0.05) is 26.7 Å². The van der Waals surface area contributed by atoms with Crippen LogP contribution in [-0.2, 0) is 4.79 Å². The van der Waals surface area contributed by atoms with E-state index in [0.717, 1.165) is 25.7 Å². The molecule has 84 valence electrons. The normalized spacial score (nSPS) is 14.9. The highest BCUT2D eigenvalue weighted by Gasteiger charge is 2.10. The van der Waals surface area contributed by atoms with Crippen LogP contribution in [0.2, 0.25) is 0 Å². The van der Waals surface area contributed by atoms with Crippen LogP contribution >= 0.6 is 0 Å². The van der Waals surface area contributed by atoms with E-state index >= 15 is 0 Å². The summed E-state index contributed by atoms with van der Waals surface area (Å²) < 4.78 is 0. The summed E-state index contributed by atoms with van der Waals surface area (Å²) >= 11 is 0. The Balaban J connectivity index is 3.63. The Morgan fingerprint density at radius 3 is 2.36 bits per heavy atom. The van der Waals surface area contributed by atoms with E-state index in [2.05, 4.69) is 19.2 Å². The van der Waals surface area contributed by atoms with E-state index in [9.17, 15) is 4.79 Å². The molecule has 0 aliphatic rings. The lowest BCUT2D eigenvalue weighted by Crippen LogP contribution is -2.36. The fraction of sp³-hybridized carbons (Fsp3) is 0.909. The topological polar surface area (TPSA) is 55.1 Å². The SMILES string of the molecule is CCCC(N)CC(=O)NC(C)CCC. The summed E-state index contributed by atoms with van der Waals surface area (Å²) in [5.74, 6) is 0.0897. The number of carbonyl (C=O) groups is 1.